The van der Waals surface area contributed by atoms with Gasteiger partial charge in [-0.1, -0.05) is 0 Å². The topological polar surface area (TPSA) is 64.8 Å². The van der Waals surface area contributed by atoms with Gasteiger partial charge in [0.25, 0.3) is 0 Å². The van der Waals surface area contributed by atoms with Crippen molar-refractivity contribution >= 4 is 6.09 Å². The van der Waals surface area contributed by atoms with E-state index in [1.165, 1.54) is 4.90 Å². The third kappa shape index (κ3) is 3.63. The highest BCUT2D eigenvalue weighted by molar-refractivity contribution is 5.68. The maximum absolute atomic E-state index is 13.2. The summed E-state index contributed by atoms with van der Waals surface area (Å²) in [5.41, 5.74) is 4.38. The Hall–Kier alpha value is -0.950. The highest BCUT2D eigenvalue weighted by Crippen LogP contribution is 2.54. The zero-order valence-electron chi connectivity index (χ0n) is 12.8. The lowest BCUT2D eigenvalue weighted by atomic mass is 9.62. The van der Waals surface area contributed by atoms with Gasteiger partial charge < -0.3 is 20.1 Å². The number of hydrogen-bond donors (Lipinski definition) is 1. The van der Waals surface area contributed by atoms with Crippen LogP contribution >= 0.6 is 0 Å². The van der Waals surface area contributed by atoms with E-state index in [9.17, 15) is 13.6 Å². The molecule has 0 aromatic rings. The average molecular weight is 306 g/mol. The Kier molecular flexibility index (Phi) is 4.19. The van der Waals surface area contributed by atoms with E-state index in [0.29, 0.717) is 13.2 Å². The first kappa shape index (κ1) is 16.4. The predicted octanol–water partition coefficient (Wildman–Crippen LogP) is 2.00. The quantitative estimate of drug-likeness (QED) is 0.847. The lowest BCUT2D eigenvalue weighted by Gasteiger charge is -2.53. The van der Waals surface area contributed by atoms with Gasteiger partial charge in [0.15, 0.2) is 0 Å². The molecule has 2 fully saturated rings. The Balaban J connectivity index is 1.99. The molecule has 1 heterocycles. The van der Waals surface area contributed by atoms with Gasteiger partial charge in [-0.2, -0.15) is 0 Å². The summed E-state index contributed by atoms with van der Waals surface area (Å²) in [7, 11) is 0. The Morgan fingerprint density at radius 2 is 2.05 bits per heavy atom. The summed E-state index contributed by atoms with van der Waals surface area (Å²) in [6.45, 7) is 6.47. The number of hydrogen-bond acceptors (Lipinski definition) is 4. The van der Waals surface area contributed by atoms with E-state index < -0.39 is 29.1 Å². The van der Waals surface area contributed by atoms with Crippen molar-refractivity contribution in [2.45, 2.75) is 51.2 Å². The van der Waals surface area contributed by atoms with Gasteiger partial charge in [0, 0.05) is 31.3 Å². The Morgan fingerprint density at radius 3 is 2.52 bits per heavy atom. The molecule has 122 valence electrons. The summed E-state index contributed by atoms with van der Waals surface area (Å²) in [4.78, 5) is 13.6. The maximum atomic E-state index is 13.2. The molecule has 1 saturated heterocycles. The maximum Gasteiger partial charge on any atom is 0.410 e. The van der Waals surface area contributed by atoms with Gasteiger partial charge in [-0.3, -0.25) is 0 Å². The summed E-state index contributed by atoms with van der Waals surface area (Å²) in [5.74, 6) is -2.67. The fourth-order valence-electron chi connectivity index (χ4n) is 2.99. The van der Waals surface area contributed by atoms with Crippen molar-refractivity contribution in [3.63, 3.8) is 0 Å². The van der Waals surface area contributed by atoms with E-state index in [4.69, 9.17) is 15.2 Å². The van der Waals surface area contributed by atoms with Crippen LogP contribution in [0.25, 0.3) is 0 Å². The minimum absolute atomic E-state index is 0.134. The molecule has 21 heavy (non-hydrogen) atoms. The number of nitrogens with zero attached hydrogens (tertiary/aromatic N) is 1. The molecule has 1 atom stereocenters. The van der Waals surface area contributed by atoms with Crippen molar-refractivity contribution in [3.05, 3.63) is 0 Å². The zero-order chi connectivity index (χ0) is 15.9. The van der Waals surface area contributed by atoms with E-state index in [-0.39, 0.29) is 25.9 Å². The number of nitrogens with two attached hydrogens (primary N) is 1. The number of amides is 1. The predicted molar refractivity (Wildman–Crippen MR) is 73.2 cm³/mol. The Morgan fingerprint density at radius 1 is 1.43 bits per heavy atom. The first-order valence-electron chi connectivity index (χ1n) is 7.24. The molecule has 7 heteroatoms. The highest BCUT2D eigenvalue weighted by atomic mass is 19.3. The minimum atomic E-state index is -2.67. The molecule has 0 radical (unpaired) electrons. The first-order chi connectivity index (χ1) is 9.57. The number of alkyl halides is 2. The second kappa shape index (κ2) is 5.35. The molecule has 1 amide bonds. The summed E-state index contributed by atoms with van der Waals surface area (Å²) < 4.78 is 37.4. The molecule has 1 saturated carbocycles. The molecule has 1 aliphatic carbocycles. The monoisotopic (exact) mass is 306 g/mol. The van der Waals surface area contributed by atoms with E-state index >= 15 is 0 Å². The standard InChI is InChI=1S/C14H24F2N2O3/c1-12(2,3)21-11(19)18-4-5-20-10(6-18)13(9-17)7-14(15,16)8-13/h10H,4-9,17H2,1-3H3. The summed E-state index contributed by atoms with van der Waals surface area (Å²) in [6.07, 6.45) is -1.44. The normalized spacial score (nSPS) is 27.9. The van der Waals surface area contributed by atoms with Crippen LogP contribution in [-0.2, 0) is 9.47 Å². The van der Waals surface area contributed by atoms with E-state index in [1.54, 1.807) is 20.8 Å². The molecule has 0 bridgehead atoms. The van der Waals surface area contributed by atoms with Gasteiger partial charge in [0.1, 0.15) is 5.60 Å². The molecule has 2 N–H and O–H groups in total. The van der Waals surface area contributed by atoms with Crippen molar-refractivity contribution in [3.8, 4) is 0 Å². The van der Waals surface area contributed by atoms with Crippen LogP contribution in [0, 0.1) is 5.41 Å². The second-order valence-electron chi connectivity index (χ2n) is 7.06. The van der Waals surface area contributed by atoms with Crippen molar-refractivity contribution in [1.82, 2.24) is 4.90 Å². The van der Waals surface area contributed by atoms with Crippen LogP contribution in [0.4, 0.5) is 13.6 Å². The van der Waals surface area contributed by atoms with Crippen LogP contribution in [0.2, 0.25) is 0 Å². The highest BCUT2D eigenvalue weighted by Gasteiger charge is 2.60. The fourth-order valence-corrected chi connectivity index (χ4v) is 2.99. The molecular weight excluding hydrogens is 282 g/mol. The molecule has 1 aliphatic heterocycles. The van der Waals surface area contributed by atoms with Crippen molar-refractivity contribution in [2.75, 3.05) is 26.2 Å². The van der Waals surface area contributed by atoms with Gasteiger partial charge >= 0.3 is 6.09 Å². The first-order valence-corrected chi connectivity index (χ1v) is 7.24. The van der Waals surface area contributed by atoms with Crippen LogP contribution in [0.1, 0.15) is 33.6 Å². The molecule has 2 rings (SSSR count). The largest absolute Gasteiger partial charge is 0.444 e. The van der Waals surface area contributed by atoms with Gasteiger partial charge in [-0.15, -0.1) is 0 Å². The van der Waals surface area contributed by atoms with Crippen molar-refractivity contribution < 1.29 is 23.0 Å². The molecule has 0 aromatic carbocycles. The van der Waals surface area contributed by atoms with Gasteiger partial charge in [0.05, 0.1) is 19.3 Å². The van der Waals surface area contributed by atoms with Crippen LogP contribution in [0.15, 0.2) is 0 Å². The Labute approximate surface area is 123 Å². The second-order valence-corrected chi connectivity index (χ2v) is 7.06. The summed E-state index contributed by atoms with van der Waals surface area (Å²) >= 11 is 0. The molecule has 5 nitrogen and oxygen atoms in total. The van der Waals surface area contributed by atoms with Gasteiger partial charge in [-0.25, -0.2) is 13.6 Å². The number of rotatable bonds is 2. The summed E-state index contributed by atoms with van der Waals surface area (Å²) in [5, 5.41) is 0. The number of ether oxygens (including phenoxy) is 2. The van der Waals surface area contributed by atoms with Gasteiger partial charge in [-0.05, 0) is 20.8 Å². The van der Waals surface area contributed by atoms with Crippen LogP contribution < -0.4 is 5.73 Å². The van der Waals surface area contributed by atoms with E-state index in [1.807, 2.05) is 0 Å². The molecule has 1 unspecified atom stereocenters. The van der Waals surface area contributed by atoms with Crippen LogP contribution in [0.3, 0.4) is 0 Å². The van der Waals surface area contributed by atoms with E-state index in [0.717, 1.165) is 0 Å². The SMILES string of the molecule is CC(C)(C)OC(=O)N1CCOC(C2(CN)CC(F)(F)C2)C1. The van der Waals surface area contributed by atoms with Gasteiger partial charge in [0.2, 0.25) is 5.92 Å². The fraction of sp³-hybridized carbons (Fsp3) is 0.929. The number of morpholine rings is 1. The number of carbonyl (C=O) groups is 1. The molecule has 0 aromatic heterocycles. The minimum Gasteiger partial charge on any atom is -0.444 e. The van der Waals surface area contributed by atoms with Crippen molar-refractivity contribution in [2.24, 2.45) is 11.1 Å². The lowest BCUT2D eigenvalue weighted by Crippen LogP contribution is -2.62. The average Bonchev–Trinajstić information content (AvgIpc) is 2.33. The Bertz CT molecular complexity index is 402. The molecular formula is C14H24F2N2O3. The third-order valence-electron chi connectivity index (χ3n) is 4.03. The van der Waals surface area contributed by atoms with Crippen LogP contribution in [-0.4, -0.2) is 54.9 Å². The zero-order valence-corrected chi connectivity index (χ0v) is 12.8. The smallest absolute Gasteiger partial charge is 0.410 e. The lowest BCUT2D eigenvalue weighted by molar-refractivity contribution is -0.217. The van der Waals surface area contributed by atoms with Crippen LogP contribution in [0.5, 0.6) is 0 Å². The summed E-state index contributed by atoms with van der Waals surface area (Å²) in [6, 6.07) is 0. The number of carbonyl (C=O) groups excluding carboxylic acids is 1. The third-order valence-corrected chi connectivity index (χ3v) is 4.03. The number of halogens is 2. The van der Waals surface area contributed by atoms with Crippen molar-refractivity contribution in [1.29, 1.82) is 0 Å². The van der Waals surface area contributed by atoms with E-state index in [2.05, 4.69) is 0 Å². The molecule has 2 aliphatic rings. The molecule has 0 spiro atoms.